The Balaban J connectivity index is 2.06. The molecule has 0 radical (unpaired) electrons. The smallest absolute Gasteiger partial charge is 0.255 e. The molecule has 0 atom stereocenters. The van der Waals surface area contributed by atoms with Crippen molar-refractivity contribution in [3.63, 3.8) is 0 Å². The molecule has 0 bridgehead atoms. The van der Waals surface area contributed by atoms with E-state index in [9.17, 15) is 9.59 Å². The van der Waals surface area contributed by atoms with E-state index < -0.39 is 0 Å². The van der Waals surface area contributed by atoms with Gasteiger partial charge >= 0.3 is 0 Å². The van der Waals surface area contributed by atoms with E-state index in [1.54, 1.807) is 55.6 Å². The third kappa shape index (κ3) is 5.32. The maximum atomic E-state index is 12.4. The van der Waals surface area contributed by atoms with Crippen LogP contribution in [0.15, 0.2) is 48.5 Å². The van der Waals surface area contributed by atoms with Gasteiger partial charge in [-0.15, -0.1) is 0 Å². The topological polar surface area (TPSA) is 93.4 Å². The SMILES string of the molecule is COc1ccc(C(=O)Nc2ccccc2C(=O)NCCCCN)cc1. The minimum absolute atomic E-state index is 0.220. The van der Waals surface area contributed by atoms with Gasteiger partial charge in [0.25, 0.3) is 11.8 Å². The number of para-hydroxylation sites is 1. The molecule has 6 heteroatoms. The van der Waals surface area contributed by atoms with E-state index in [2.05, 4.69) is 10.6 Å². The lowest BCUT2D eigenvalue weighted by atomic mass is 10.1. The van der Waals surface area contributed by atoms with Crippen molar-refractivity contribution in [1.29, 1.82) is 0 Å². The zero-order valence-corrected chi connectivity index (χ0v) is 14.2. The summed E-state index contributed by atoms with van der Waals surface area (Å²) in [6.45, 7) is 1.15. The highest BCUT2D eigenvalue weighted by Gasteiger charge is 2.13. The standard InChI is InChI=1S/C19H23N3O3/c1-25-15-10-8-14(9-11-15)18(23)22-17-7-3-2-6-16(17)19(24)21-13-5-4-12-20/h2-3,6-11H,4-5,12-13,20H2,1H3,(H,21,24)(H,22,23). The van der Waals surface area contributed by atoms with Crippen molar-refractivity contribution in [3.05, 3.63) is 59.7 Å². The fourth-order valence-corrected chi connectivity index (χ4v) is 2.29. The fraction of sp³-hybridized carbons (Fsp3) is 0.263. The first kappa shape index (κ1) is 18.5. The second kappa shape index (κ2) is 9.44. The molecule has 25 heavy (non-hydrogen) atoms. The van der Waals surface area contributed by atoms with Crippen LogP contribution in [0, 0.1) is 0 Å². The first-order valence-corrected chi connectivity index (χ1v) is 8.18. The van der Waals surface area contributed by atoms with Crippen LogP contribution in [0.3, 0.4) is 0 Å². The minimum Gasteiger partial charge on any atom is -0.497 e. The van der Waals surface area contributed by atoms with Crippen molar-refractivity contribution in [1.82, 2.24) is 5.32 Å². The number of carbonyl (C=O) groups is 2. The number of unbranched alkanes of at least 4 members (excludes halogenated alkanes) is 1. The third-order valence-electron chi connectivity index (χ3n) is 3.69. The van der Waals surface area contributed by atoms with Gasteiger partial charge in [0, 0.05) is 12.1 Å². The Kier molecular flexibility index (Phi) is 6.98. The Hall–Kier alpha value is -2.86. The highest BCUT2D eigenvalue weighted by molar-refractivity contribution is 6.09. The van der Waals surface area contributed by atoms with Crippen molar-refractivity contribution >= 4 is 17.5 Å². The second-order valence-corrected chi connectivity index (χ2v) is 5.48. The van der Waals surface area contributed by atoms with Crippen molar-refractivity contribution in [2.24, 2.45) is 5.73 Å². The van der Waals surface area contributed by atoms with E-state index in [0.29, 0.717) is 35.7 Å². The zero-order chi connectivity index (χ0) is 18.1. The number of methoxy groups -OCH3 is 1. The van der Waals surface area contributed by atoms with Crippen molar-refractivity contribution in [2.75, 3.05) is 25.5 Å². The molecule has 0 aliphatic heterocycles. The second-order valence-electron chi connectivity index (χ2n) is 5.48. The van der Waals surface area contributed by atoms with Crippen LogP contribution in [-0.2, 0) is 0 Å². The van der Waals surface area contributed by atoms with Crippen molar-refractivity contribution in [2.45, 2.75) is 12.8 Å². The van der Waals surface area contributed by atoms with Crippen LogP contribution in [0.2, 0.25) is 0 Å². The summed E-state index contributed by atoms with van der Waals surface area (Å²) in [7, 11) is 1.57. The molecule has 2 amide bonds. The summed E-state index contributed by atoms with van der Waals surface area (Å²) in [6, 6.07) is 13.7. The van der Waals surface area contributed by atoms with Gasteiger partial charge < -0.3 is 21.1 Å². The molecule has 2 aromatic carbocycles. The van der Waals surface area contributed by atoms with Crippen LogP contribution in [0.25, 0.3) is 0 Å². The Morgan fingerprint density at radius 1 is 1.00 bits per heavy atom. The number of carbonyl (C=O) groups excluding carboxylic acids is 2. The number of anilines is 1. The van der Waals surface area contributed by atoms with Crippen LogP contribution < -0.4 is 21.1 Å². The Morgan fingerprint density at radius 2 is 1.72 bits per heavy atom. The van der Waals surface area contributed by atoms with Crippen molar-refractivity contribution in [3.8, 4) is 5.75 Å². The molecule has 0 fully saturated rings. The third-order valence-corrected chi connectivity index (χ3v) is 3.69. The van der Waals surface area contributed by atoms with Gasteiger partial charge in [-0.1, -0.05) is 12.1 Å². The number of nitrogens with one attached hydrogen (secondary N) is 2. The number of hydrogen-bond acceptors (Lipinski definition) is 4. The maximum Gasteiger partial charge on any atom is 0.255 e. The van der Waals surface area contributed by atoms with E-state index in [-0.39, 0.29) is 11.8 Å². The van der Waals surface area contributed by atoms with Crippen LogP contribution in [0.1, 0.15) is 33.6 Å². The highest BCUT2D eigenvalue weighted by Crippen LogP contribution is 2.17. The Bertz CT molecular complexity index is 714. The molecular weight excluding hydrogens is 318 g/mol. The van der Waals surface area contributed by atoms with Gasteiger partial charge in [-0.05, 0) is 55.8 Å². The number of benzene rings is 2. The summed E-state index contributed by atoms with van der Waals surface area (Å²) in [5.74, 6) is 0.169. The monoisotopic (exact) mass is 341 g/mol. The summed E-state index contributed by atoms with van der Waals surface area (Å²) in [5, 5.41) is 5.63. The number of ether oxygens (including phenoxy) is 1. The first-order valence-electron chi connectivity index (χ1n) is 8.18. The normalized spacial score (nSPS) is 10.2. The highest BCUT2D eigenvalue weighted by atomic mass is 16.5. The van der Waals surface area contributed by atoms with Gasteiger partial charge in [0.1, 0.15) is 5.75 Å². The van der Waals surface area contributed by atoms with Gasteiger partial charge in [0.15, 0.2) is 0 Å². The lowest BCUT2D eigenvalue weighted by Gasteiger charge is -2.11. The molecule has 0 saturated carbocycles. The molecule has 0 heterocycles. The van der Waals surface area contributed by atoms with Crippen LogP contribution >= 0.6 is 0 Å². The molecule has 0 aliphatic rings. The zero-order valence-electron chi connectivity index (χ0n) is 14.2. The molecule has 0 saturated heterocycles. The molecule has 0 aromatic heterocycles. The first-order chi connectivity index (χ1) is 12.2. The number of rotatable bonds is 8. The van der Waals surface area contributed by atoms with Crippen LogP contribution in [0.4, 0.5) is 5.69 Å². The number of amides is 2. The van der Waals surface area contributed by atoms with Gasteiger partial charge in [-0.3, -0.25) is 9.59 Å². The molecule has 4 N–H and O–H groups in total. The summed E-state index contributed by atoms with van der Waals surface area (Å²) in [4.78, 5) is 24.7. The van der Waals surface area contributed by atoms with Gasteiger partial charge in [-0.25, -0.2) is 0 Å². The molecule has 132 valence electrons. The van der Waals surface area contributed by atoms with E-state index in [1.807, 2.05) is 0 Å². The van der Waals surface area contributed by atoms with E-state index in [1.165, 1.54) is 0 Å². The lowest BCUT2D eigenvalue weighted by molar-refractivity contribution is 0.0954. The quantitative estimate of drug-likeness (QED) is 0.643. The molecule has 2 rings (SSSR count). The average Bonchev–Trinajstić information content (AvgIpc) is 2.65. The largest absolute Gasteiger partial charge is 0.497 e. The van der Waals surface area contributed by atoms with Crippen molar-refractivity contribution < 1.29 is 14.3 Å². The number of nitrogens with two attached hydrogens (primary N) is 1. The molecule has 0 aliphatic carbocycles. The van der Waals surface area contributed by atoms with E-state index in [0.717, 1.165) is 12.8 Å². The fourth-order valence-electron chi connectivity index (χ4n) is 2.29. The summed E-state index contributed by atoms with van der Waals surface area (Å²) in [5.41, 5.74) is 6.83. The predicted molar refractivity (Wildman–Crippen MR) is 98.0 cm³/mol. The predicted octanol–water partition coefficient (Wildman–Crippen LogP) is 2.42. The maximum absolute atomic E-state index is 12.4. The average molecular weight is 341 g/mol. The molecule has 2 aromatic rings. The van der Waals surface area contributed by atoms with Gasteiger partial charge in [0.2, 0.25) is 0 Å². The Labute approximate surface area is 147 Å². The minimum atomic E-state index is -0.286. The molecular formula is C19H23N3O3. The summed E-state index contributed by atoms with van der Waals surface area (Å²) < 4.78 is 5.08. The van der Waals surface area contributed by atoms with Crippen LogP contribution in [0.5, 0.6) is 5.75 Å². The molecule has 0 unspecified atom stereocenters. The summed E-state index contributed by atoms with van der Waals surface area (Å²) >= 11 is 0. The molecule has 0 spiro atoms. The van der Waals surface area contributed by atoms with Gasteiger partial charge in [0.05, 0.1) is 18.4 Å². The van der Waals surface area contributed by atoms with E-state index >= 15 is 0 Å². The van der Waals surface area contributed by atoms with Gasteiger partial charge in [-0.2, -0.15) is 0 Å². The van der Waals surface area contributed by atoms with Crippen LogP contribution in [-0.4, -0.2) is 32.0 Å². The summed E-state index contributed by atoms with van der Waals surface area (Å²) in [6.07, 6.45) is 1.68. The number of hydrogen-bond donors (Lipinski definition) is 3. The molecule has 6 nitrogen and oxygen atoms in total. The lowest BCUT2D eigenvalue weighted by Crippen LogP contribution is -2.26. The Morgan fingerprint density at radius 3 is 2.40 bits per heavy atom. The van der Waals surface area contributed by atoms with E-state index in [4.69, 9.17) is 10.5 Å².